The molecule has 0 unspecified atom stereocenters. The molecule has 0 heterocycles. The van der Waals surface area contributed by atoms with Crippen LogP contribution in [0.4, 0.5) is 0 Å². The van der Waals surface area contributed by atoms with Gasteiger partial charge in [0.2, 0.25) is 0 Å². The molecule has 58 valence electrons. The van der Waals surface area contributed by atoms with E-state index in [0.717, 1.165) is 17.4 Å². The SMILES string of the molecule is Cc1ccc(C=O)cc1CN. The molecule has 0 saturated heterocycles. The van der Waals surface area contributed by atoms with Crippen LogP contribution in [0.5, 0.6) is 0 Å². The third-order valence-electron chi connectivity index (χ3n) is 1.73. The van der Waals surface area contributed by atoms with Gasteiger partial charge in [-0.3, -0.25) is 4.79 Å². The summed E-state index contributed by atoms with van der Waals surface area (Å²) < 4.78 is 0. The van der Waals surface area contributed by atoms with Crippen molar-refractivity contribution in [2.45, 2.75) is 13.5 Å². The second-order valence-corrected chi connectivity index (χ2v) is 2.51. The Labute approximate surface area is 66.0 Å². The van der Waals surface area contributed by atoms with Gasteiger partial charge in [0.1, 0.15) is 6.29 Å². The van der Waals surface area contributed by atoms with Crippen LogP contribution < -0.4 is 5.73 Å². The average molecular weight is 149 g/mol. The summed E-state index contributed by atoms with van der Waals surface area (Å²) in [5, 5.41) is 0. The largest absolute Gasteiger partial charge is 0.326 e. The van der Waals surface area contributed by atoms with E-state index in [-0.39, 0.29) is 0 Å². The van der Waals surface area contributed by atoms with Crippen LogP contribution in [0.1, 0.15) is 21.5 Å². The van der Waals surface area contributed by atoms with Crippen molar-refractivity contribution in [1.82, 2.24) is 0 Å². The molecule has 0 spiro atoms. The van der Waals surface area contributed by atoms with Gasteiger partial charge in [0, 0.05) is 12.1 Å². The Balaban J connectivity index is 3.12. The molecule has 0 saturated carbocycles. The number of aldehydes is 1. The van der Waals surface area contributed by atoms with E-state index in [4.69, 9.17) is 5.73 Å². The molecule has 11 heavy (non-hydrogen) atoms. The molecule has 0 aliphatic carbocycles. The molecule has 2 nitrogen and oxygen atoms in total. The number of rotatable bonds is 2. The Morgan fingerprint density at radius 1 is 1.55 bits per heavy atom. The van der Waals surface area contributed by atoms with Gasteiger partial charge in [-0.15, -0.1) is 0 Å². The summed E-state index contributed by atoms with van der Waals surface area (Å²) in [6, 6.07) is 5.52. The predicted octanol–water partition coefficient (Wildman–Crippen LogP) is 1.27. The highest BCUT2D eigenvalue weighted by atomic mass is 16.1. The Morgan fingerprint density at radius 2 is 2.27 bits per heavy atom. The van der Waals surface area contributed by atoms with Crippen LogP contribution in [0.2, 0.25) is 0 Å². The van der Waals surface area contributed by atoms with Crippen LogP contribution in [0.3, 0.4) is 0 Å². The molecule has 0 atom stereocenters. The molecule has 0 aromatic heterocycles. The van der Waals surface area contributed by atoms with Crippen molar-refractivity contribution in [2.75, 3.05) is 0 Å². The lowest BCUT2D eigenvalue weighted by molar-refractivity contribution is 0.112. The maximum Gasteiger partial charge on any atom is 0.150 e. The Morgan fingerprint density at radius 3 is 2.82 bits per heavy atom. The molecule has 0 fully saturated rings. The van der Waals surface area contributed by atoms with Crippen molar-refractivity contribution < 1.29 is 4.79 Å². The molecule has 1 aromatic rings. The van der Waals surface area contributed by atoms with Gasteiger partial charge in [0.15, 0.2) is 0 Å². The maximum atomic E-state index is 10.3. The van der Waals surface area contributed by atoms with Crippen LogP contribution >= 0.6 is 0 Å². The van der Waals surface area contributed by atoms with Gasteiger partial charge < -0.3 is 5.73 Å². The van der Waals surface area contributed by atoms with Crippen LogP contribution in [0, 0.1) is 6.92 Å². The Kier molecular flexibility index (Phi) is 2.39. The van der Waals surface area contributed by atoms with Crippen LogP contribution in [-0.4, -0.2) is 6.29 Å². The number of nitrogens with two attached hydrogens (primary N) is 1. The van der Waals surface area contributed by atoms with Gasteiger partial charge in [0.25, 0.3) is 0 Å². The first-order chi connectivity index (χ1) is 5.27. The van der Waals surface area contributed by atoms with Crippen molar-refractivity contribution >= 4 is 6.29 Å². The maximum absolute atomic E-state index is 10.3. The van der Waals surface area contributed by atoms with Crippen molar-refractivity contribution in [3.63, 3.8) is 0 Å². The van der Waals surface area contributed by atoms with E-state index < -0.39 is 0 Å². The minimum Gasteiger partial charge on any atom is -0.326 e. The smallest absolute Gasteiger partial charge is 0.150 e. The molecule has 2 heteroatoms. The van der Waals surface area contributed by atoms with Gasteiger partial charge in [-0.05, 0) is 24.1 Å². The molecule has 0 aliphatic heterocycles. The molecular formula is C9H11NO. The first-order valence-electron chi connectivity index (χ1n) is 3.52. The first-order valence-corrected chi connectivity index (χ1v) is 3.52. The standard InChI is InChI=1S/C9H11NO/c1-7-2-3-8(6-11)4-9(7)5-10/h2-4,6H,5,10H2,1H3. The predicted molar refractivity (Wildman–Crippen MR) is 44.5 cm³/mol. The van der Waals surface area contributed by atoms with Crippen molar-refractivity contribution in [3.05, 3.63) is 34.9 Å². The third kappa shape index (κ3) is 1.65. The van der Waals surface area contributed by atoms with E-state index in [1.807, 2.05) is 19.1 Å². The summed E-state index contributed by atoms with van der Waals surface area (Å²) in [7, 11) is 0. The lowest BCUT2D eigenvalue weighted by Gasteiger charge is -2.01. The molecule has 1 rings (SSSR count). The molecule has 0 aliphatic rings. The van der Waals surface area contributed by atoms with Gasteiger partial charge in [-0.1, -0.05) is 12.1 Å². The average Bonchev–Trinajstić information content (AvgIpc) is 2.05. The summed E-state index contributed by atoms with van der Waals surface area (Å²) in [4.78, 5) is 10.3. The van der Waals surface area contributed by atoms with Crippen LogP contribution in [0.25, 0.3) is 0 Å². The molecule has 0 bridgehead atoms. The van der Waals surface area contributed by atoms with Crippen LogP contribution in [-0.2, 0) is 6.54 Å². The summed E-state index contributed by atoms with van der Waals surface area (Å²) >= 11 is 0. The highest BCUT2D eigenvalue weighted by molar-refractivity contribution is 5.75. The number of carbonyl (C=O) groups excluding carboxylic acids is 1. The van der Waals surface area contributed by atoms with E-state index in [9.17, 15) is 4.79 Å². The van der Waals surface area contributed by atoms with E-state index >= 15 is 0 Å². The topological polar surface area (TPSA) is 43.1 Å². The van der Waals surface area contributed by atoms with E-state index in [2.05, 4.69) is 0 Å². The van der Waals surface area contributed by atoms with Crippen molar-refractivity contribution in [3.8, 4) is 0 Å². The van der Waals surface area contributed by atoms with Gasteiger partial charge >= 0.3 is 0 Å². The lowest BCUT2D eigenvalue weighted by Crippen LogP contribution is -1.99. The summed E-state index contributed by atoms with van der Waals surface area (Å²) in [6.07, 6.45) is 0.832. The first kappa shape index (κ1) is 7.95. The highest BCUT2D eigenvalue weighted by Crippen LogP contribution is 2.08. The van der Waals surface area contributed by atoms with Gasteiger partial charge in [0.05, 0.1) is 0 Å². The number of carbonyl (C=O) groups is 1. The quantitative estimate of drug-likeness (QED) is 0.643. The zero-order valence-electron chi connectivity index (χ0n) is 6.50. The minimum atomic E-state index is 0.494. The monoisotopic (exact) mass is 149 g/mol. The zero-order chi connectivity index (χ0) is 8.27. The van der Waals surface area contributed by atoms with Gasteiger partial charge in [-0.25, -0.2) is 0 Å². The Hall–Kier alpha value is -1.15. The second-order valence-electron chi connectivity index (χ2n) is 2.51. The fraction of sp³-hybridized carbons (Fsp3) is 0.222. The number of benzene rings is 1. The number of aryl methyl sites for hydroxylation is 1. The minimum absolute atomic E-state index is 0.494. The van der Waals surface area contributed by atoms with Gasteiger partial charge in [-0.2, -0.15) is 0 Å². The second kappa shape index (κ2) is 3.30. The summed E-state index contributed by atoms with van der Waals surface area (Å²) in [5.41, 5.74) is 8.32. The summed E-state index contributed by atoms with van der Waals surface area (Å²) in [5.74, 6) is 0. The van der Waals surface area contributed by atoms with E-state index in [0.29, 0.717) is 12.1 Å². The molecule has 0 amide bonds. The van der Waals surface area contributed by atoms with E-state index in [1.165, 1.54) is 0 Å². The summed E-state index contributed by atoms with van der Waals surface area (Å²) in [6.45, 7) is 2.48. The number of hydrogen-bond acceptors (Lipinski definition) is 2. The van der Waals surface area contributed by atoms with Crippen LogP contribution in [0.15, 0.2) is 18.2 Å². The fourth-order valence-electron chi connectivity index (χ4n) is 0.985. The molecule has 2 N–H and O–H groups in total. The fourth-order valence-corrected chi connectivity index (χ4v) is 0.985. The molecule has 0 radical (unpaired) electrons. The highest BCUT2D eigenvalue weighted by Gasteiger charge is 1.96. The normalized spacial score (nSPS) is 9.64. The Bertz CT molecular complexity index is 268. The van der Waals surface area contributed by atoms with Crippen molar-refractivity contribution in [1.29, 1.82) is 0 Å². The zero-order valence-corrected chi connectivity index (χ0v) is 6.50. The lowest BCUT2D eigenvalue weighted by atomic mass is 10.1. The third-order valence-corrected chi connectivity index (χ3v) is 1.73. The van der Waals surface area contributed by atoms with Crippen molar-refractivity contribution in [2.24, 2.45) is 5.73 Å². The molecule has 1 aromatic carbocycles. The van der Waals surface area contributed by atoms with E-state index in [1.54, 1.807) is 6.07 Å². The number of hydrogen-bond donors (Lipinski definition) is 1. The molecular weight excluding hydrogens is 138 g/mol.